The van der Waals surface area contributed by atoms with Gasteiger partial charge in [-0.3, -0.25) is 4.79 Å². The second kappa shape index (κ2) is 6.62. The second-order valence-corrected chi connectivity index (χ2v) is 6.29. The standard InChI is InChI=1S/C16H19F2NO4/c1-16(2,23-15(19)21)7-9-5-11(20)8-22-14(9)12-6-10(17)3-4-13(12)18/h3-4,6,9,14H,5,7-8H2,1-2H3,(H2,19,21)/t9-,14-/m1/s1. The highest BCUT2D eigenvalue weighted by molar-refractivity contribution is 5.80. The summed E-state index contributed by atoms with van der Waals surface area (Å²) in [7, 11) is 0. The summed E-state index contributed by atoms with van der Waals surface area (Å²) >= 11 is 0. The molecule has 1 heterocycles. The lowest BCUT2D eigenvalue weighted by Crippen LogP contribution is -2.38. The van der Waals surface area contributed by atoms with Crippen molar-refractivity contribution in [1.29, 1.82) is 0 Å². The van der Waals surface area contributed by atoms with Gasteiger partial charge in [0.1, 0.15) is 23.8 Å². The van der Waals surface area contributed by atoms with Crippen molar-refractivity contribution in [3.8, 4) is 0 Å². The molecule has 0 saturated carbocycles. The van der Waals surface area contributed by atoms with E-state index in [1.54, 1.807) is 13.8 Å². The Morgan fingerprint density at radius 2 is 2.13 bits per heavy atom. The van der Waals surface area contributed by atoms with Crippen LogP contribution in [0.5, 0.6) is 0 Å². The summed E-state index contributed by atoms with van der Waals surface area (Å²) in [5, 5.41) is 0. The zero-order chi connectivity index (χ0) is 17.2. The van der Waals surface area contributed by atoms with E-state index in [2.05, 4.69) is 0 Å². The Labute approximate surface area is 132 Å². The normalized spacial score (nSPS) is 22.0. The fraction of sp³-hybridized carbons (Fsp3) is 0.500. The molecule has 126 valence electrons. The van der Waals surface area contributed by atoms with Gasteiger partial charge in [-0.25, -0.2) is 13.6 Å². The van der Waals surface area contributed by atoms with Crippen LogP contribution < -0.4 is 5.73 Å². The van der Waals surface area contributed by atoms with Gasteiger partial charge in [0.25, 0.3) is 0 Å². The molecular formula is C16H19F2NO4. The number of benzene rings is 1. The van der Waals surface area contributed by atoms with Crippen molar-refractivity contribution in [2.45, 2.75) is 38.4 Å². The van der Waals surface area contributed by atoms with E-state index in [9.17, 15) is 18.4 Å². The Kier molecular flexibility index (Phi) is 4.99. The van der Waals surface area contributed by atoms with Crippen molar-refractivity contribution < 1.29 is 27.8 Å². The van der Waals surface area contributed by atoms with Crippen molar-refractivity contribution in [3.05, 3.63) is 35.4 Å². The summed E-state index contributed by atoms with van der Waals surface area (Å²) in [5.41, 5.74) is 4.13. The van der Waals surface area contributed by atoms with Crippen molar-refractivity contribution in [2.75, 3.05) is 6.61 Å². The molecule has 0 spiro atoms. The van der Waals surface area contributed by atoms with Crippen LogP contribution in [-0.4, -0.2) is 24.1 Å². The Balaban J connectivity index is 2.27. The highest BCUT2D eigenvalue weighted by Gasteiger charge is 2.38. The van der Waals surface area contributed by atoms with E-state index in [4.69, 9.17) is 15.2 Å². The van der Waals surface area contributed by atoms with Gasteiger partial charge in [-0.05, 0) is 38.5 Å². The summed E-state index contributed by atoms with van der Waals surface area (Å²) in [4.78, 5) is 22.6. The van der Waals surface area contributed by atoms with Gasteiger partial charge < -0.3 is 15.2 Å². The molecule has 2 N–H and O–H groups in total. The Hall–Kier alpha value is -2.02. The number of carbonyl (C=O) groups is 2. The monoisotopic (exact) mass is 327 g/mol. The first-order valence-corrected chi connectivity index (χ1v) is 7.24. The number of nitrogens with two attached hydrogens (primary N) is 1. The predicted octanol–water partition coefficient (Wildman–Crippen LogP) is 2.88. The summed E-state index contributed by atoms with van der Waals surface area (Å²) in [6.07, 6.45) is -1.38. The van der Waals surface area contributed by atoms with E-state index in [0.717, 1.165) is 18.2 Å². The molecular weight excluding hydrogens is 308 g/mol. The lowest BCUT2D eigenvalue weighted by molar-refractivity contribution is -0.139. The zero-order valence-corrected chi connectivity index (χ0v) is 13.0. The number of Topliss-reactive ketones (excluding diaryl/α,β-unsaturated/α-hetero) is 1. The molecule has 1 aromatic carbocycles. The van der Waals surface area contributed by atoms with Crippen molar-refractivity contribution >= 4 is 11.9 Å². The van der Waals surface area contributed by atoms with Gasteiger partial charge in [-0.1, -0.05) is 0 Å². The number of hydrogen-bond donors (Lipinski definition) is 1. The van der Waals surface area contributed by atoms with Gasteiger partial charge in [-0.2, -0.15) is 0 Å². The topological polar surface area (TPSA) is 78.6 Å². The van der Waals surface area contributed by atoms with Crippen molar-refractivity contribution in [1.82, 2.24) is 0 Å². The lowest BCUT2D eigenvalue weighted by atomic mass is 9.81. The van der Waals surface area contributed by atoms with E-state index in [1.165, 1.54) is 0 Å². The maximum absolute atomic E-state index is 14.0. The van der Waals surface area contributed by atoms with Gasteiger partial charge in [0.2, 0.25) is 0 Å². The fourth-order valence-electron chi connectivity index (χ4n) is 2.98. The molecule has 1 aromatic rings. The lowest BCUT2D eigenvalue weighted by Gasteiger charge is -2.36. The molecule has 5 nitrogen and oxygen atoms in total. The number of primary amides is 1. The highest BCUT2D eigenvalue weighted by atomic mass is 19.1. The van der Waals surface area contributed by atoms with E-state index in [-0.39, 0.29) is 30.8 Å². The molecule has 0 bridgehead atoms. The number of ether oxygens (including phenoxy) is 2. The number of halogens is 2. The molecule has 1 amide bonds. The first-order valence-electron chi connectivity index (χ1n) is 7.24. The molecule has 2 rings (SSSR count). The van der Waals surface area contributed by atoms with E-state index in [0.29, 0.717) is 0 Å². The quantitative estimate of drug-likeness (QED) is 0.922. The van der Waals surface area contributed by atoms with Gasteiger partial charge in [0.05, 0.1) is 6.10 Å². The molecule has 7 heteroatoms. The molecule has 23 heavy (non-hydrogen) atoms. The number of hydrogen-bond acceptors (Lipinski definition) is 4. The average molecular weight is 327 g/mol. The Morgan fingerprint density at radius 3 is 2.78 bits per heavy atom. The molecule has 2 atom stereocenters. The van der Waals surface area contributed by atoms with Crippen LogP contribution in [0.4, 0.5) is 13.6 Å². The molecule has 1 saturated heterocycles. The van der Waals surface area contributed by atoms with Crippen LogP contribution in [0.1, 0.15) is 38.4 Å². The van der Waals surface area contributed by atoms with Crippen molar-refractivity contribution in [3.63, 3.8) is 0 Å². The van der Waals surface area contributed by atoms with Gasteiger partial charge in [-0.15, -0.1) is 0 Å². The van der Waals surface area contributed by atoms with Crippen LogP contribution in [-0.2, 0) is 14.3 Å². The van der Waals surface area contributed by atoms with Crippen LogP contribution in [0.15, 0.2) is 18.2 Å². The van der Waals surface area contributed by atoms with Gasteiger partial charge >= 0.3 is 6.09 Å². The first-order chi connectivity index (χ1) is 10.7. The number of amides is 1. The number of rotatable bonds is 4. The minimum absolute atomic E-state index is 0.0531. The van der Waals surface area contributed by atoms with Gasteiger partial charge in [0.15, 0.2) is 5.78 Å². The SMILES string of the molecule is CC(C)(C[C@H]1CC(=O)CO[C@H]1c1cc(F)ccc1F)OC(N)=O. The van der Waals surface area contributed by atoms with Crippen LogP contribution in [0, 0.1) is 17.6 Å². The summed E-state index contributed by atoms with van der Waals surface area (Å²) < 4.78 is 37.9. The molecule has 1 aliphatic heterocycles. The molecule has 1 aliphatic rings. The highest BCUT2D eigenvalue weighted by Crippen LogP contribution is 2.39. The Morgan fingerprint density at radius 1 is 1.43 bits per heavy atom. The molecule has 0 unspecified atom stereocenters. The molecule has 1 fully saturated rings. The smallest absolute Gasteiger partial charge is 0.405 e. The third-order valence-electron chi connectivity index (χ3n) is 3.74. The fourth-order valence-corrected chi connectivity index (χ4v) is 2.98. The van der Waals surface area contributed by atoms with Crippen molar-refractivity contribution in [2.24, 2.45) is 11.7 Å². The maximum Gasteiger partial charge on any atom is 0.405 e. The summed E-state index contributed by atoms with van der Waals surface area (Å²) in [5.74, 6) is -1.79. The maximum atomic E-state index is 14.0. The van der Waals surface area contributed by atoms with Crippen LogP contribution in [0.25, 0.3) is 0 Å². The number of ketones is 1. The minimum Gasteiger partial charge on any atom is -0.444 e. The Bertz CT molecular complexity index is 618. The van der Waals surface area contributed by atoms with Gasteiger partial charge in [0, 0.05) is 17.9 Å². The van der Waals surface area contributed by atoms with Crippen LogP contribution >= 0.6 is 0 Å². The second-order valence-electron chi connectivity index (χ2n) is 6.29. The zero-order valence-electron chi connectivity index (χ0n) is 13.0. The van der Waals surface area contributed by atoms with E-state index in [1.807, 2.05) is 0 Å². The molecule has 0 aromatic heterocycles. The first kappa shape index (κ1) is 17.3. The van der Waals surface area contributed by atoms with E-state index >= 15 is 0 Å². The third-order valence-corrected chi connectivity index (χ3v) is 3.74. The largest absolute Gasteiger partial charge is 0.444 e. The minimum atomic E-state index is -0.959. The molecule has 0 radical (unpaired) electrons. The third kappa shape index (κ3) is 4.48. The summed E-state index contributed by atoms with van der Waals surface area (Å²) in [6.45, 7) is 3.11. The number of carbonyl (C=O) groups excluding carboxylic acids is 2. The predicted molar refractivity (Wildman–Crippen MR) is 77.5 cm³/mol. The average Bonchev–Trinajstić information content (AvgIpc) is 2.40. The van der Waals surface area contributed by atoms with Crippen LogP contribution in [0.2, 0.25) is 0 Å². The van der Waals surface area contributed by atoms with Crippen LogP contribution in [0.3, 0.4) is 0 Å². The van der Waals surface area contributed by atoms with E-state index < -0.39 is 35.4 Å². The summed E-state index contributed by atoms with van der Waals surface area (Å²) in [6, 6.07) is 3.10. The molecule has 0 aliphatic carbocycles.